The van der Waals surface area contributed by atoms with Gasteiger partial charge in [-0.05, 0) is 19.1 Å². The molecule has 0 fully saturated rings. The van der Waals surface area contributed by atoms with E-state index in [-0.39, 0.29) is 13.3 Å². The molecule has 0 aliphatic carbocycles. The maximum absolute atomic E-state index is 12.3. The summed E-state index contributed by atoms with van der Waals surface area (Å²) in [7, 11) is 1.84. The molecule has 2 N–H and O–H groups in total. The number of carbonyl (C=O) groups excluding carboxylic acids is 1. The quantitative estimate of drug-likeness (QED) is 0.585. The van der Waals surface area contributed by atoms with Crippen LogP contribution in [0.2, 0.25) is 0 Å². The maximum Gasteiger partial charge on any atom is 0.267 e. The average Bonchev–Trinajstić information content (AvgIpc) is 3.24. The van der Waals surface area contributed by atoms with Crippen LogP contribution in [0.25, 0.3) is 0 Å². The lowest BCUT2D eigenvalue weighted by Gasteiger charge is -2.02. The highest BCUT2D eigenvalue weighted by molar-refractivity contribution is 7.17. The summed E-state index contributed by atoms with van der Waals surface area (Å²) in [5, 5.41) is 10.8. The van der Waals surface area contributed by atoms with Crippen molar-refractivity contribution in [2.24, 2.45) is 7.05 Å². The second-order valence-corrected chi connectivity index (χ2v) is 5.78. The smallest absolute Gasteiger partial charge is 0.267 e. The van der Waals surface area contributed by atoms with E-state index in [4.69, 9.17) is 0 Å². The van der Waals surface area contributed by atoms with Crippen molar-refractivity contribution < 1.29 is 4.79 Å². The van der Waals surface area contributed by atoms with Gasteiger partial charge in [-0.25, -0.2) is 4.98 Å². The molecule has 3 rings (SSSR count). The van der Waals surface area contributed by atoms with E-state index in [2.05, 4.69) is 20.7 Å². The van der Waals surface area contributed by atoms with Gasteiger partial charge < -0.3 is 10.6 Å². The molecule has 2 heterocycles. The van der Waals surface area contributed by atoms with Crippen molar-refractivity contribution in [1.29, 1.82) is 0 Å². The van der Waals surface area contributed by atoms with Crippen LogP contribution in [0.1, 0.15) is 50.5 Å². The Morgan fingerprint density at radius 2 is 1.70 bits per heavy atom. The van der Waals surface area contributed by atoms with E-state index in [9.17, 15) is 4.79 Å². The number of rotatable bonds is 4. The molecule has 0 aliphatic rings. The Morgan fingerprint density at radius 1 is 1.07 bits per heavy atom. The Balaban J connectivity index is 0.00000127. The van der Waals surface area contributed by atoms with Gasteiger partial charge in [0.1, 0.15) is 4.88 Å². The molecule has 1 amide bonds. The van der Waals surface area contributed by atoms with Crippen LogP contribution >= 0.6 is 11.3 Å². The summed E-state index contributed by atoms with van der Waals surface area (Å²) >= 11 is 1.32. The Hall–Kier alpha value is -2.67. The summed E-state index contributed by atoms with van der Waals surface area (Å²) in [6.45, 7) is 9.82. The van der Waals surface area contributed by atoms with Gasteiger partial charge >= 0.3 is 0 Å². The van der Waals surface area contributed by atoms with E-state index in [0.717, 1.165) is 11.4 Å². The van der Waals surface area contributed by atoms with Gasteiger partial charge in [-0.2, -0.15) is 5.10 Å². The molecule has 0 aliphatic heterocycles. The van der Waals surface area contributed by atoms with Crippen molar-refractivity contribution in [3.63, 3.8) is 0 Å². The van der Waals surface area contributed by atoms with Crippen LogP contribution in [-0.2, 0) is 7.05 Å². The number of aryl methyl sites for hydroxylation is 2. The van der Waals surface area contributed by atoms with Crippen molar-refractivity contribution in [1.82, 2.24) is 14.8 Å². The molecule has 3 aromatic rings. The number of nitrogens with one attached hydrogen (secondary N) is 2. The minimum Gasteiger partial charge on any atom is -0.329 e. The van der Waals surface area contributed by atoms with Crippen LogP contribution in [0.3, 0.4) is 0 Å². The van der Waals surface area contributed by atoms with Gasteiger partial charge in [0, 0.05) is 18.9 Å². The second-order valence-electron chi connectivity index (χ2n) is 4.78. The summed E-state index contributed by atoms with van der Waals surface area (Å²) in [6, 6.07) is 9.37. The van der Waals surface area contributed by atoms with Crippen molar-refractivity contribution >= 4 is 33.8 Å². The first-order valence-electron chi connectivity index (χ1n) is 8.71. The van der Waals surface area contributed by atoms with Crippen molar-refractivity contribution in [2.75, 3.05) is 10.6 Å². The Bertz CT molecular complexity index is 796. The summed E-state index contributed by atoms with van der Waals surface area (Å²) in [6.07, 6.45) is 3.56. The van der Waals surface area contributed by atoms with Gasteiger partial charge in [-0.3, -0.25) is 9.48 Å². The molecule has 6 nitrogen and oxygen atoms in total. The number of aromatic nitrogens is 3. The molecule has 0 bridgehead atoms. The van der Waals surface area contributed by atoms with Gasteiger partial charge in [0.15, 0.2) is 5.13 Å². The molecule has 0 atom stereocenters. The van der Waals surface area contributed by atoms with Crippen LogP contribution in [0, 0.1) is 6.92 Å². The fourth-order valence-electron chi connectivity index (χ4n) is 1.98. The largest absolute Gasteiger partial charge is 0.329 e. The van der Waals surface area contributed by atoms with Crippen LogP contribution < -0.4 is 10.6 Å². The monoisotopic (exact) mass is 389 g/mol. The van der Waals surface area contributed by atoms with E-state index in [0.29, 0.717) is 15.7 Å². The van der Waals surface area contributed by atoms with Gasteiger partial charge in [0.05, 0.1) is 17.6 Å². The average molecular weight is 390 g/mol. The van der Waals surface area contributed by atoms with Crippen LogP contribution in [0.4, 0.5) is 16.5 Å². The van der Waals surface area contributed by atoms with Gasteiger partial charge in [0.2, 0.25) is 0 Å². The number of hydrogen-bond acceptors (Lipinski definition) is 5. The summed E-state index contributed by atoms with van der Waals surface area (Å²) in [4.78, 5) is 17.3. The topological polar surface area (TPSA) is 71.8 Å². The molecule has 0 radical (unpaired) electrons. The number of carbonyl (C=O) groups is 1. The maximum atomic E-state index is 12.3. The summed E-state index contributed by atoms with van der Waals surface area (Å²) in [5.41, 5.74) is 2.30. The molecule has 1 aromatic carbocycles. The zero-order valence-corrected chi connectivity index (χ0v) is 17.0. The number of benzene rings is 1. The number of thiazole rings is 1. The number of nitrogens with zero attached hydrogens (tertiary/aromatic N) is 3. The predicted molar refractivity (Wildman–Crippen MR) is 117 cm³/mol. The number of para-hydroxylation sites is 1. The van der Waals surface area contributed by atoms with Gasteiger partial charge in [-0.1, -0.05) is 64.7 Å². The first kappa shape index (κ1) is 24.3. The van der Waals surface area contributed by atoms with E-state index in [1.54, 1.807) is 10.9 Å². The zero-order chi connectivity index (χ0) is 19.5. The third-order valence-corrected chi connectivity index (χ3v) is 4.06. The fourth-order valence-corrected chi connectivity index (χ4v) is 2.86. The number of hydrogen-bond donors (Lipinski definition) is 2. The van der Waals surface area contributed by atoms with Crippen LogP contribution in [0.15, 0.2) is 42.7 Å². The van der Waals surface area contributed by atoms with E-state index < -0.39 is 0 Å². The molecule has 0 saturated carbocycles. The van der Waals surface area contributed by atoms with Crippen LogP contribution in [0.5, 0.6) is 0 Å². The third-order valence-electron chi connectivity index (χ3n) is 2.99. The molecule has 27 heavy (non-hydrogen) atoms. The SMILES string of the molecule is C.CC.CC.Cc1nc(Nc2cnn(C)c2)sc1C(=O)Nc1ccccc1. The highest BCUT2D eigenvalue weighted by Gasteiger charge is 2.15. The Morgan fingerprint density at radius 3 is 2.26 bits per heavy atom. The highest BCUT2D eigenvalue weighted by atomic mass is 32.1. The molecular weight excluding hydrogens is 358 g/mol. The second kappa shape index (κ2) is 12.6. The number of amides is 1. The standard InChI is InChI=1S/C15H15N5OS.2C2H6.CH4/c1-10-13(14(21)18-11-6-4-3-5-7-11)22-15(17-10)19-12-8-16-20(2)9-12;2*1-2;/h3-9H,1-2H3,(H,17,19)(H,18,21);2*1-2H3;1H4. The van der Waals surface area contributed by atoms with E-state index in [1.807, 2.05) is 78.2 Å². The zero-order valence-electron chi connectivity index (χ0n) is 16.2. The third kappa shape index (κ3) is 7.22. The lowest BCUT2D eigenvalue weighted by atomic mass is 10.3. The van der Waals surface area contributed by atoms with Gasteiger partial charge in [-0.15, -0.1) is 0 Å². The van der Waals surface area contributed by atoms with Crippen molar-refractivity contribution in [2.45, 2.75) is 42.0 Å². The lowest BCUT2D eigenvalue weighted by molar-refractivity contribution is 0.103. The minimum atomic E-state index is -0.152. The predicted octanol–water partition coefficient (Wildman–Crippen LogP) is 5.87. The van der Waals surface area contributed by atoms with E-state index >= 15 is 0 Å². The molecule has 0 saturated heterocycles. The summed E-state index contributed by atoms with van der Waals surface area (Å²) in [5.74, 6) is -0.152. The molecule has 148 valence electrons. The van der Waals surface area contributed by atoms with E-state index in [1.165, 1.54) is 11.3 Å². The molecule has 2 aromatic heterocycles. The van der Waals surface area contributed by atoms with Crippen LogP contribution in [-0.4, -0.2) is 20.7 Å². The highest BCUT2D eigenvalue weighted by Crippen LogP contribution is 2.26. The van der Waals surface area contributed by atoms with Crippen molar-refractivity contribution in [3.8, 4) is 0 Å². The fraction of sp³-hybridized carbons (Fsp3) is 0.350. The Labute approximate surface area is 166 Å². The number of anilines is 3. The normalized spacial score (nSPS) is 8.96. The first-order valence-corrected chi connectivity index (χ1v) is 9.53. The first-order chi connectivity index (χ1) is 12.6. The molecule has 0 unspecified atom stereocenters. The lowest BCUT2D eigenvalue weighted by Crippen LogP contribution is -2.11. The summed E-state index contributed by atoms with van der Waals surface area (Å²) < 4.78 is 1.70. The van der Waals surface area contributed by atoms with Gasteiger partial charge in [0.25, 0.3) is 5.91 Å². The molecule has 7 heteroatoms. The Kier molecular flexibility index (Phi) is 11.4. The molecule has 0 spiro atoms. The minimum absolute atomic E-state index is 0. The van der Waals surface area contributed by atoms with Crippen molar-refractivity contribution in [3.05, 3.63) is 53.3 Å². The molecular formula is C20H31N5OS.